The number of halogens is 2. The van der Waals surface area contributed by atoms with Gasteiger partial charge in [-0.2, -0.15) is 0 Å². The van der Waals surface area contributed by atoms with Gasteiger partial charge in [0.1, 0.15) is 0 Å². The van der Waals surface area contributed by atoms with Gasteiger partial charge in [-0.1, -0.05) is 84.9 Å². The summed E-state index contributed by atoms with van der Waals surface area (Å²) in [7, 11) is 5.01. The third-order valence-electron chi connectivity index (χ3n) is 8.01. The number of para-hydroxylation sites is 4. The van der Waals surface area contributed by atoms with E-state index in [-0.39, 0.29) is 0 Å². The fraction of sp³-hybridized carbons (Fsp3) is 0.0556. The van der Waals surface area contributed by atoms with E-state index in [2.05, 4.69) is 207 Å². The summed E-state index contributed by atoms with van der Waals surface area (Å²) in [6.45, 7) is 7.20. The van der Waals surface area contributed by atoms with Crippen LogP contribution in [0.5, 0.6) is 0 Å². The zero-order valence-corrected chi connectivity index (χ0v) is 29.3. The number of rotatable bonds is 3. The Morgan fingerprint density at radius 2 is 0.791 bits per heavy atom. The van der Waals surface area contributed by atoms with Crippen molar-refractivity contribution in [3.05, 3.63) is 135 Å². The molecule has 0 spiro atoms. The summed E-state index contributed by atoms with van der Waals surface area (Å²) >= 11 is 4.65. The van der Waals surface area contributed by atoms with Gasteiger partial charge in [-0.3, -0.25) is 0 Å². The molecule has 0 unspecified atom stereocenters. The van der Waals surface area contributed by atoms with Crippen LogP contribution in [0.2, 0.25) is 0 Å². The van der Waals surface area contributed by atoms with Gasteiger partial charge in [0.05, 0.1) is 34.1 Å². The van der Waals surface area contributed by atoms with Gasteiger partial charge >= 0.3 is 49.8 Å². The fourth-order valence-corrected chi connectivity index (χ4v) is 6.17. The molecule has 0 amide bonds. The van der Waals surface area contributed by atoms with E-state index < -0.39 is 0 Å². The van der Waals surface area contributed by atoms with Crippen molar-refractivity contribution in [1.29, 1.82) is 0 Å². The van der Waals surface area contributed by atoms with Crippen LogP contribution in [0.15, 0.2) is 121 Å². The van der Waals surface area contributed by atoms with Gasteiger partial charge in [-0.15, -0.1) is 0 Å². The van der Waals surface area contributed by atoms with Crippen molar-refractivity contribution in [3.8, 4) is 11.1 Å². The first-order chi connectivity index (χ1) is 21.1. The van der Waals surface area contributed by atoms with Crippen LogP contribution in [-0.4, -0.2) is 14.1 Å². The first-order valence-electron chi connectivity index (χ1n) is 13.8. The van der Waals surface area contributed by atoms with Crippen LogP contribution >= 0.6 is 39.0 Å². The Hall–Kier alpha value is -2.84. The average Bonchev–Trinajstić information content (AvgIpc) is 3.57. The van der Waals surface area contributed by atoms with Gasteiger partial charge in [0.25, 0.3) is 0 Å². The molecule has 2 heterocycles. The van der Waals surface area contributed by atoms with Crippen LogP contribution in [0, 0.1) is 13.3 Å². The maximum absolute atomic E-state index is 3.60. The van der Waals surface area contributed by atoms with E-state index in [0.29, 0.717) is 0 Å². The molecule has 0 atom stereocenters. The van der Waals surface area contributed by atoms with Gasteiger partial charge in [0, 0.05) is 25.2 Å². The number of hydrogen-bond donors (Lipinski definition) is 0. The Labute approximate surface area is 282 Å². The van der Waals surface area contributed by atoms with Crippen molar-refractivity contribution in [2.24, 2.45) is 0 Å². The van der Waals surface area contributed by atoms with Crippen molar-refractivity contribution in [2.45, 2.75) is 0 Å². The van der Waals surface area contributed by atoms with Crippen LogP contribution < -0.4 is 19.6 Å². The Bertz CT molecular complexity index is 1820. The number of benzene rings is 6. The van der Waals surface area contributed by atoms with E-state index in [4.69, 9.17) is 0 Å². The Kier molecular flexibility index (Phi) is 8.25. The SMILES string of the molecule is CN1[C]N(c2ccc3ccccc3c2-c2c(N3[C]N(C)c4ccccc43)ccc3ccccc23)c2ccccc21.[I][Pd][I]. The van der Waals surface area contributed by atoms with Gasteiger partial charge in [0.2, 0.25) is 13.3 Å². The first kappa shape index (κ1) is 28.9. The Morgan fingerprint density at radius 1 is 0.442 bits per heavy atom. The Balaban J connectivity index is 0.000000963. The fourth-order valence-electron chi connectivity index (χ4n) is 6.17. The second-order valence-electron chi connectivity index (χ2n) is 10.4. The normalized spacial score (nSPS) is 13.9. The molecular formula is C36H26I2N4Pd. The van der Waals surface area contributed by atoms with E-state index in [9.17, 15) is 0 Å². The van der Waals surface area contributed by atoms with E-state index in [1.165, 1.54) is 32.7 Å². The molecule has 0 fully saturated rings. The minimum absolute atomic E-state index is 0.890. The molecule has 0 aliphatic carbocycles. The zero-order chi connectivity index (χ0) is 29.5. The van der Waals surface area contributed by atoms with Crippen molar-refractivity contribution in [3.63, 3.8) is 0 Å². The molecule has 0 saturated carbocycles. The quantitative estimate of drug-likeness (QED) is 0.130. The molecule has 6 aromatic carbocycles. The number of anilines is 6. The van der Waals surface area contributed by atoms with Gasteiger partial charge in [0.15, 0.2) is 0 Å². The summed E-state index contributed by atoms with van der Waals surface area (Å²) in [5, 5.41) is 4.81. The van der Waals surface area contributed by atoms with Gasteiger partial charge in [-0.05, 0) is 57.9 Å². The molecule has 214 valence electrons. The summed E-state index contributed by atoms with van der Waals surface area (Å²) in [4.78, 5) is 8.57. The molecule has 0 saturated heterocycles. The summed E-state index contributed by atoms with van der Waals surface area (Å²) in [6.07, 6.45) is 0. The van der Waals surface area contributed by atoms with Crippen molar-refractivity contribution in [1.82, 2.24) is 0 Å². The molecule has 0 aromatic heterocycles. The number of hydrogen-bond acceptors (Lipinski definition) is 4. The van der Waals surface area contributed by atoms with Crippen LogP contribution in [0.4, 0.5) is 34.1 Å². The van der Waals surface area contributed by atoms with Crippen molar-refractivity contribution >= 4 is 94.7 Å². The molecule has 8 rings (SSSR count). The van der Waals surface area contributed by atoms with Crippen LogP contribution in [-0.2, 0) is 10.8 Å². The summed E-state index contributed by atoms with van der Waals surface area (Å²) in [5.41, 5.74) is 9.05. The molecule has 4 radical (unpaired) electrons. The molecule has 4 nitrogen and oxygen atoms in total. The van der Waals surface area contributed by atoms with E-state index in [1.54, 1.807) is 0 Å². The first-order valence-corrected chi connectivity index (χ1v) is 23.0. The monoisotopic (exact) mass is 874 g/mol. The second kappa shape index (κ2) is 12.3. The molecule has 43 heavy (non-hydrogen) atoms. The summed E-state index contributed by atoms with van der Waals surface area (Å²) in [6, 6.07) is 43.3. The molecule has 7 heteroatoms. The molecule has 0 bridgehead atoms. The average molecular weight is 875 g/mol. The topological polar surface area (TPSA) is 13.0 Å². The number of nitrogens with zero attached hydrogens (tertiary/aromatic N) is 4. The van der Waals surface area contributed by atoms with Crippen molar-refractivity contribution < 1.29 is 10.8 Å². The Morgan fingerprint density at radius 3 is 1.21 bits per heavy atom. The maximum atomic E-state index is 3.60. The molecule has 6 aromatic rings. The molecule has 0 N–H and O–H groups in total. The third kappa shape index (κ3) is 5.08. The van der Waals surface area contributed by atoms with Gasteiger partial charge in [-0.25, -0.2) is 0 Å². The second-order valence-corrected chi connectivity index (χ2v) is 22.4. The predicted molar refractivity (Wildman–Crippen MR) is 195 cm³/mol. The van der Waals surface area contributed by atoms with Crippen LogP contribution in [0.25, 0.3) is 32.7 Å². The van der Waals surface area contributed by atoms with E-state index >= 15 is 0 Å². The summed E-state index contributed by atoms with van der Waals surface area (Å²) < 4.78 is 0. The molecule has 2 aliphatic rings. The van der Waals surface area contributed by atoms with Gasteiger partial charge < -0.3 is 19.6 Å². The predicted octanol–water partition coefficient (Wildman–Crippen LogP) is 10.6. The van der Waals surface area contributed by atoms with E-state index in [1.807, 2.05) is 0 Å². The summed E-state index contributed by atoms with van der Waals surface area (Å²) in [5.74, 6) is 0. The zero-order valence-electron chi connectivity index (χ0n) is 23.4. The standard InChI is InChI=1S/C36H26N4.2HI.Pd/c1-37-23-39(31-17-9-7-15-29(31)37)33-21-19-25-11-3-5-13-27(25)35(33)36-28-14-6-4-12-26(28)20-22-34(36)40-24-38(2)30-16-8-10-18-32(30)40;;;/h3-22H,1-2H3;2*1H;/q;;;+2/p-2. The number of fused-ring (bicyclic) bond motifs is 4. The molecule has 2 aliphatic heterocycles. The van der Waals surface area contributed by atoms with Crippen LogP contribution in [0.3, 0.4) is 0 Å². The molecular weight excluding hydrogens is 849 g/mol. The minimum atomic E-state index is 0.890. The van der Waals surface area contributed by atoms with E-state index in [0.717, 1.165) is 44.9 Å². The van der Waals surface area contributed by atoms with Crippen molar-refractivity contribution in [2.75, 3.05) is 33.7 Å². The third-order valence-corrected chi connectivity index (χ3v) is 8.01. The van der Waals surface area contributed by atoms with Crippen LogP contribution in [0.1, 0.15) is 0 Å².